The molecule has 0 saturated heterocycles. The Hall–Kier alpha value is -0.960. The van der Waals surface area contributed by atoms with E-state index in [4.69, 9.17) is 0 Å². The minimum Gasteiger partial charge on any atom is -0.393 e. The van der Waals surface area contributed by atoms with Crippen LogP contribution < -0.4 is 0 Å². The summed E-state index contributed by atoms with van der Waals surface area (Å²) in [6, 6.07) is 0. The van der Waals surface area contributed by atoms with Crippen LogP contribution in [0.25, 0.3) is 0 Å². The Bertz CT molecular complexity index is 507. The first kappa shape index (κ1) is 15.9. The highest BCUT2D eigenvalue weighted by atomic mass is 16.3. The van der Waals surface area contributed by atoms with Crippen LogP contribution in [-0.2, 0) is 9.59 Å². The smallest absolute Gasteiger partial charge is 0.159 e. The maximum atomic E-state index is 12.9. The number of allylic oxidation sites excluding steroid dienone is 1. The largest absolute Gasteiger partial charge is 0.393 e. The third kappa shape index (κ3) is 2.68. The monoisotopic (exact) mass is 304 g/mol. The van der Waals surface area contributed by atoms with E-state index in [1.807, 2.05) is 6.92 Å². The van der Waals surface area contributed by atoms with E-state index in [0.29, 0.717) is 24.5 Å². The lowest BCUT2D eigenvalue weighted by Crippen LogP contribution is -2.44. The first-order chi connectivity index (χ1) is 10.4. The molecule has 3 aliphatic carbocycles. The molecule has 3 heteroatoms. The van der Waals surface area contributed by atoms with Crippen molar-refractivity contribution in [3.8, 4) is 0 Å². The van der Waals surface area contributed by atoms with Gasteiger partial charge in [-0.3, -0.25) is 9.59 Å². The molecule has 5 unspecified atom stereocenters. The van der Waals surface area contributed by atoms with Gasteiger partial charge in [0.1, 0.15) is 5.78 Å². The maximum absolute atomic E-state index is 12.9. The van der Waals surface area contributed by atoms with Gasteiger partial charge in [0.05, 0.1) is 6.10 Å². The van der Waals surface area contributed by atoms with E-state index in [1.54, 1.807) is 6.08 Å². The first-order valence-corrected chi connectivity index (χ1v) is 8.84. The molecule has 0 aromatic heterocycles. The minimum absolute atomic E-state index is 0.0235. The molecule has 5 atom stereocenters. The average molecular weight is 304 g/mol. The number of Topliss-reactive ketones (excluding diaryl/α,β-unsaturated/α-hetero) is 1. The number of aliphatic hydroxyl groups is 1. The standard InChI is InChI=1S/C19H28O3/c1-12-10-14(20)5-3-4-13-8-9-19(2)15(6-7-17(19)22)18(13)16(21)11-12/h11,13-15,18,20H,3-10H2,1-2H3. The van der Waals surface area contributed by atoms with Crippen molar-refractivity contribution in [2.24, 2.45) is 23.2 Å². The predicted molar refractivity (Wildman–Crippen MR) is 85.3 cm³/mol. The van der Waals surface area contributed by atoms with Crippen LogP contribution in [0.15, 0.2) is 11.6 Å². The van der Waals surface area contributed by atoms with Gasteiger partial charge < -0.3 is 5.11 Å². The number of hydrogen-bond donors (Lipinski definition) is 1. The Morgan fingerprint density at radius 3 is 2.73 bits per heavy atom. The van der Waals surface area contributed by atoms with Gasteiger partial charge in [0, 0.05) is 17.8 Å². The van der Waals surface area contributed by atoms with Gasteiger partial charge in [-0.2, -0.15) is 0 Å². The Kier molecular flexibility index (Phi) is 4.28. The zero-order valence-corrected chi connectivity index (χ0v) is 13.8. The number of ketones is 2. The van der Waals surface area contributed by atoms with Crippen molar-refractivity contribution >= 4 is 11.6 Å². The fourth-order valence-electron chi connectivity index (χ4n) is 5.23. The molecule has 0 amide bonds. The second-order valence-electron chi connectivity index (χ2n) is 7.99. The highest BCUT2D eigenvalue weighted by molar-refractivity contribution is 5.95. The van der Waals surface area contributed by atoms with Gasteiger partial charge in [-0.1, -0.05) is 18.9 Å². The summed E-state index contributed by atoms with van der Waals surface area (Å²) >= 11 is 0. The highest BCUT2D eigenvalue weighted by Crippen LogP contribution is 2.55. The zero-order chi connectivity index (χ0) is 15.9. The summed E-state index contributed by atoms with van der Waals surface area (Å²) in [7, 11) is 0. The molecule has 2 fully saturated rings. The van der Waals surface area contributed by atoms with E-state index >= 15 is 0 Å². The molecule has 2 saturated carbocycles. The lowest BCUT2D eigenvalue weighted by molar-refractivity contribution is -0.134. The molecule has 0 aromatic carbocycles. The van der Waals surface area contributed by atoms with Gasteiger partial charge >= 0.3 is 0 Å². The second kappa shape index (κ2) is 5.92. The molecule has 1 N–H and O–H groups in total. The molecular weight excluding hydrogens is 276 g/mol. The molecule has 3 rings (SSSR count). The Labute approximate surface area is 133 Å². The Morgan fingerprint density at radius 1 is 1.18 bits per heavy atom. The Balaban J connectivity index is 1.92. The lowest BCUT2D eigenvalue weighted by Gasteiger charge is -2.44. The van der Waals surface area contributed by atoms with Crippen LogP contribution in [0.3, 0.4) is 0 Å². The van der Waals surface area contributed by atoms with Crippen molar-refractivity contribution in [2.45, 2.75) is 71.3 Å². The van der Waals surface area contributed by atoms with Crippen LogP contribution in [0.5, 0.6) is 0 Å². The third-order valence-corrected chi connectivity index (χ3v) is 6.50. The molecule has 122 valence electrons. The van der Waals surface area contributed by atoms with Crippen molar-refractivity contribution in [1.82, 2.24) is 0 Å². The zero-order valence-electron chi connectivity index (χ0n) is 13.8. The normalized spacial score (nSPS) is 43.3. The molecule has 0 aliphatic heterocycles. The van der Waals surface area contributed by atoms with Crippen LogP contribution in [0.2, 0.25) is 0 Å². The van der Waals surface area contributed by atoms with Gasteiger partial charge in [0.15, 0.2) is 5.78 Å². The van der Waals surface area contributed by atoms with E-state index in [0.717, 1.165) is 44.1 Å². The maximum Gasteiger partial charge on any atom is 0.159 e. The number of carbonyl (C=O) groups excluding carboxylic acids is 2. The number of rotatable bonds is 0. The molecule has 0 spiro atoms. The van der Waals surface area contributed by atoms with E-state index < -0.39 is 0 Å². The third-order valence-electron chi connectivity index (χ3n) is 6.50. The molecule has 3 nitrogen and oxygen atoms in total. The fraction of sp³-hybridized carbons (Fsp3) is 0.789. The van der Waals surface area contributed by atoms with Gasteiger partial charge in [-0.05, 0) is 63.4 Å². The number of hydrogen-bond acceptors (Lipinski definition) is 3. The summed E-state index contributed by atoms with van der Waals surface area (Å²) in [5.41, 5.74) is 0.720. The summed E-state index contributed by atoms with van der Waals surface area (Å²) in [6.45, 7) is 4.04. The second-order valence-corrected chi connectivity index (χ2v) is 7.99. The quantitative estimate of drug-likeness (QED) is 0.746. The molecule has 0 aromatic rings. The van der Waals surface area contributed by atoms with Crippen LogP contribution in [0.4, 0.5) is 0 Å². The van der Waals surface area contributed by atoms with E-state index in [9.17, 15) is 14.7 Å². The molecule has 0 bridgehead atoms. The van der Waals surface area contributed by atoms with Gasteiger partial charge in [0.25, 0.3) is 0 Å². The van der Waals surface area contributed by atoms with Crippen LogP contribution in [0, 0.1) is 23.2 Å². The summed E-state index contributed by atoms with van der Waals surface area (Å²) in [6.07, 6.45) is 8.34. The van der Waals surface area contributed by atoms with Gasteiger partial charge in [-0.15, -0.1) is 0 Å². The summed E-state index contributed by atoms with van der Waals surface area (Å²) in [5.74, 6) is 1.24. The predicted octanol–water partition coefficient (Wildman–Crippen LogP) is 3.45. The van der Waals surface area contributed by atoms with E-state index in [2.05, 4.69) is 6.92 Å². The van der Waals surface area contributed by atoms with Crippen molar-refractivity contribution in [2.75, 3.05) is 0 Å². The van der Waals surface area contributed by atoms with E-state index in [-0.39, 0.29) is 29.1 Å². The van der Waals surface area contributed by atoms with Crippen molar-refractivity contribution < 1.29 is 14.7 Å². The fourth-order valence-corrected chi connectivity index (χ4v) is 5.23. The van der Waals surface area contributed by atoms with Crippen LogP contribution >= 0.6 is 0 Å². The number of carbonyl (C=O) groups is 2. The highest BCUT2D eigenvalue weighted by Gasteiger charge is 2.55. The van der Waals surface area contributed by atoms with Crippen LogP contribution in [-0.4, -0.2) is 22.8 Å². The molecule has 0 heterocycles. The first-order valence-electron chi connectivity index (χ1n) is 8.84. The van der Waals surface area contributed by atoms with Crippen molar-refractivity contribution in [3.63, 3.8) is 0 Å². The van der Waals surface area contributed by atoms with E-state index in [1.165, 1.54) is 0 Å². The minimum atomic E-state index is -0.317. The van der Waals surface area contributed by atoms with Crippen molar-refractivity contribution in [3.05, 3.63) is 11.6 Å². The summed E-state index contributed by atoms with van der Waals surface area (Å²) < 4.78 is 0. The van der Waals surface area contributed by atoms with Gasteiger partial charge in [0.2, 0.25) is 0 Å². The van der Waals surface area contributed by atoms with Gasteiger partial charge in [-0.25, -0.2) is 0 Å². The SMILES string of the molecule is CC1=CC(=O)C2C(CCCC(O)C1)CCC1(C)C(=O)CCC21. The molecule has 3 aliphatic rings. The lowest BCUT2D eigenvalue weighted by atomic mass is 9.58. The Morgan fingerprint density at radius 2 is 1.95 bits per heavy atom. The average Bonchev–Trinajstić information content (AvgIpc) is 2.74. The number of aliphatic hydroxyl groups excluding tert-OH is 1. The molecule has 22 heavy (non-hydrogen) atoms. The van der Waals surface area contributed by atoms with Crippen LogP contribution in [0.1, 0.15) is 65.2 Å². The molecule has 0 radical (unpaired) electrons. The molecular formula is C19H28O3. The van der Waals surface area contributed by atoms with Crippen molar-refractivity contribution in [1.29, 1.82) is 0 Å². The number of fused-ring (bicyclic) bond motifs is 3. The summed E-state index contributed by atoms with van der Waals surface area (Å²) in [4.78, 5) is 25.2. The topological polar surface area (TPSA) is 54.4 Å². The summed E-state index contributed by atoms with van der Waals surface area (Å²) in [5, 5.41) is 10.0.